The summed E-state index contributed by atoms with van der Waals surface area (Å²) in [4.78, 5) is 2.10. The van der Waals surface area contributed by atoms with Crippen LogP contribution in [-0.2, 0) is 0 Å². The van der Waals surface area contributed by atoms with Gasteiger partial charge in [-0.05, 0) is 31.0 Å². The van der Waals surface area contributed by atoms with Crippen LogP contribution in [0.5, 0.6) is 0 Å². The Hall–Kier alpha value is -1.32. The van der Waals surface area contributed by atoms with E-state index >= 15 is 0 Å². The topological polar surface area (TPSA) is 35.5 Å². The van der Waals surface area contributed by atoms with Crippen molar-refractivity contribution in [2.24, 2.45) is 5.92 Å². The first kappa shape index (κ1) is 14.1. The largest absolute Gasteiger partial charge is 0.396 e. The van der Waals surface area contributed by atoms with Crippen LogP contribution in [0.1, 0.15) is 24.9 Å². The maximum Gasteiger partial charge on any atom is 0.0494 e. The zero-order valence-electron chi connectivity index (χ0n) is 12.0. The van der Waals surface area contributed by atoms with E-state index in [0.717, 1.165) is 6.42 Å². The Morgan fingerprint density at radius 1 is 1.26 bits per heavy atom. The smallest absolute Gasteiger partial charge is 0.0494 e. The van der Waals surface area contributed by atoms with Gasteiger partial charge >= 0.3 is 0 Å². The minimum absolute atomic E-state index is 0.251. The normalized spacial score (nSPS) is 23.6. The first-order valence-corrected chi connectivity index (χ1v) is 6.92. The molecular weight excluding hydrogens is 236 g/mol. The monoisotopic (exact) mass is 260 g/mol. The lowest BCUT2D eigenvalue weighted by atomic mass is 10.0. The van der Waals surface area contributed by atoms with Crippen molar-refractivity contribution in [2.75, 3.05) is 25.6 Å². The van der Waals surface area contributed by atoms with Crippen LogP contribution < -0.4 is 10.2 Å². The van der Waals surface area contributed by atoms with Crippen molar-refractivity contribution in [3.05, 3.63) is 42.0 Å². The molecule has 1 aromatic carbocycles. The Morgan fingerprint density at radius 3 is 2.47 bits per heavy atom. The lowest BCUT2D eigenvalue weighted by Gasteiger charge is -2.20. The summed E-state index contributed by atoms with van der Waals surface area (Å²) in [7, 11) is 4.10. The first-order chi connectivity index (χ1) is 9.10. The number of rotatable bonds is 5. The van der Waals surface area contributed by atoms with E-state index in [-0.39, 0.29) is 6.61 Å². The van der Waals surface area contributed by atoms with Gasteiger partial charge in [0.05, 0.1) is 0 Å². The molecule has 3 nitrogen and oxygen atoms in total. The van der Waals surface area contributed by atoms with Gasteiger partial charge in [-0.1, -0.05) is 24.3 Å². The number of benzene rings is 1. The second kappa shape index (κ2) is 6.22. The van der Waals surface area contributed by atoms with Gasteiger partial charge in [0.15, 0.2) is 0 Å². The molecule has 0 aromatic heterocycles. The molecule has 0 amide bonds. The van der Waals surface area contributed by atoms with Gasteiger partial charge in [0, 0.05) is 44.4 Å². The van der Waals surface area contributed by atoms with E-state index in [1.807, 2.05) is 0 Å². The zero-order chi connectivity index (χ0) is 13.8. The number of hydrogen-bond donors (Lipinski definition) is 2. The molecule has 0 saturated heterocycles. The molecule has 0 bridgehead atoms. The summed E-state index contributed by atoms with van der Waals surface area (Å²) in [5, 5.41) is 12.7. The summed E-state index contributed by atoms with van der Waals surface area (Å²) in [6.07, 6.45) is 5.28. The van der Waals surface area contributed by atoms with E-state index in [1.165, 1.54) is 11.3 Å². The van der Waals surface area contributed by atoms with Crippen molar-refractivity contribution < 1.29 is 5.11 Å². The summed E-state index contributed by atoms with van der Waals surface area (Å²) in [5.41, 5.74) is 2.52. The summed E-state index contributed by atoms with van der Waals surface area (Å²) >= 11 is 0. The fraction of sp³-hybridized carbons (Fsp3) is 0.500. The van der Waals surface area contributed by atoms with Gasteiger partial charge in [-0.15, -0.1) is 0 Å². The Balaban J connectivity index is 1.93. The van der Waals surface area contributed by atoms with E-state index in [9.17, 15) is 0 Å². The van der Waals surface area contributed by atoms with Gasteiger partial charge in [0.1, 0.15) is 0 Å². The molecule has 3 heteroatoms. The van der Waals surface area contributed by atoms with Crippen molar-refractivity contribution in [1.29, 1.82) is 0 Å². The van der Waals surface area contributed by atoms with E-state index in [4.69, 9.17) is 5.11 Å². The molecule has 0 saturated carbocycles. The second-order valence-electron chi connectivity index (χ2n) is 5.54. The highest BCUT2D eigenvalue weighted by Gasteiger charge is 2.19. The van der Waals surface area contributed by atoms with Gasteiger partial charge < -0.3 is 15.3 Å². The van der Waals surface area contributed by atoms with Crippen molar-refractivity contribution in [1.82, 2.24) is 5.32 Å². The van der Waals surface area contributed by atoms with Crippen LogP contribution in [0.15, 0.2) is 36.4 Å². The predicted octanol–water partition coefficient (Wildman–Crippen LogP) is 2.34. The van der Waals surface area contributed by atoms with Crippen LogP contribution in [0.25, 0.3) is 0 Å². The number of aliphatic hydroxyl groups excluding tert-OH is 1. The molecule has 0 spiro atoms. The third-order valence-electron chi connectivity index (χ3n) is 3.78. The van der Waals surface area contributed by atoms with Crippen LogP contribution in [-0.4, -0.2) is 31.9 Å². The molecule has 0 heterocycles. The number of hydrogen-bond acceptors (Lipinski definition) is 3. The third-order valence-corrected chi connectivity index (χ3v) is 3.78. The van der Waals surface area contributed by atoms with Crippen LogP contribution in [0, 0.1) is 5.92 Å². The number of anilines is 1. The van der Waals surface area contributed by atoms with Gasteiger partial charge in [-0.25, -0.2) is 0 Å². The van der Waals surface area contributed by atoms with E-state index in [2.05, 4.69) is 67.7 Å². The molecular formula is C16H24N2O. The molecule has 1 aliphatic carbocycles. The lowest BCUT2D eigenvalue weighted by molar-refractivity contribution is 0.245. The fourth-order valence-electron chi connectivity index (χ4n) is 2.51. The van der Waals surface area contributed by atoms with Gasteiger partial charge in [-0.3, -0.25) is 0 Å². The predicted molar refractivity (Wildman–Crippen MR) is 80.4 cm³/mol. The number of aliphatic hydroxyl groups is 1. The Labute approximate surface area is 115 Å². The van der Waals surface area contributed by atoms with Crippen LogP contribution in [0.4, 0.5) is 5.69 Å². The summed E-state index contributed by atoms with van der Waals surface area (Å²) in [6.45, 7) is 2.44. The Bertz CT molecular complexity index is 425. The highest BCUT2D eigenvalue weighted by Crippen LogP contribution is 2.22. The average molecular weight is 260 g/mol. The molecule has 0 unspecified atom stereocenters. The molecule has 104 valence electrons. The lowest BCUT2D eigenvalue weighted by Crippen LogP contribution is -2.29. The van der Waals surface area contributed by atoms with Crippen LogP contribution in [0.3, 0.4) is 0 Å². The van der Waals surface area contributed by atoms with Crippen molar-refractivity contribution >= 4 is 5.69 Å². The maximum atomic E-state index is 9.13. The summed E-state index contributed by atoms with van der Waals surface area (Å²) in [6, 6.07) is 9.34. The molecule has 1 aliphatic rings. The summed E-state index contributed by atoms with van der Waals surface area (Å²) < 4.78 is 0. The highest BCUT2D eigenvalue weighted by atomic mass is 16.3. The standard InChI is InChI=1S/C16H24N2O/c1-12(17-15-7-4-13(10-15)11-19)14-5-8-16(9-6-14)18(2)3/h4-9,12-13,15,17,19H,10-11H2,1-3H3/t12-,13+,15-/m1/s1. The van der Waals surface area contributed by atoms with E-state index < -0.39 is 0 Å². The summed E-state index contributed by atoms with van der Waals surface area (Å²) in [5.74, 6) is 0.320. The van der Waals surface area contributed by atoms with Gasteiger partial charge in [0.25, 0.3) is 0 Å². The molecule has 0 aliphatic heterocycles. The molecule has 2 N–H and O–H groups in total. The molecule has 0 radical (unpaired) electrons. The average Bonchev–Trinajstić information content (AvgIpc) is 2.86. The van der Waals surface area contributed by atoms with Crippen LogP contribution in [0.2, 0.25) is 0 Å². The van der Waals surface area contributed by atoms with Gasteiger partial charge in [0.2, 0.25) is 0 Å². The van der Waals surface area contributed by atoms with Crippen LogP contribution >= 0.6 is 0 Å². The number of nitrogens with zero attached hydrogens (tertiary/aromatic N) is 1. The van der Waals surface area contributed by atoms with Crippen molar-refractivity contribution in [3.63, 3.8) is 0 Å². The maximum absolute atomic E-state index is 9.13. The molecule has 2 rings (SSSR count). The molecule has 3 atom stereocenters. The molecule has 19 heavy (non-hydrogen) atoms. The number of nitrogens with one attached hydrogen (secondary N) is 1. The zero-order valence-corrected chi connectivity index (χ0v) is 12.0. The second-order valence-corrected chi connectivity index (χ2v) is 5.54. The third kappa shape index (κ3) is 3.58. The van der Waals surface area contributed by atoms with E-state index in [1.54, 1.807) is 0 Å². The molecule has 0 fully saturated rings. The fourth-order valence-corrected chi connectivity index (χ4v) is 2.51. The molecule has 1 aromatic rings. The quantitative estimate of drug-likeness (QED) is 0.798. The minimum atomic E-state index is 0.251. The van der Waals surface area contributed by atoms with Gasteiger partial charge in [-0.2, -0.15) is 0 Å². The first-order valence-electron chi connectivity index (χ1n) is 6.92. The Kier molecular flexibility index (Phi) is 4.61. The Morgan fingerprint density at radius 2 is 1.95 bits per heavy atom. The van der Waals surface area contributed by atoms with Crippen molar-refractivity contribution in [2.45, 2.75) is 25.4 Å². The highest BCUT2D eigenvalue weighted by molar-refractivity contribution is 5.46. The van der Waals surface area contributed by atoms with E-state index in [0.29, 0.717) is 18.0 Å². The van der Waals surface area contributed by atoms with Crippen molar-refractivity contribution in [3.8, 4) is 0 Å². The SMILES string of the molecule is C[C@@H](N[C@@H]1C=C[C@H](CO)C1)c1ccc(N(C)C)cc1. The minimum Gasteiger partial charge on any atom is -0.396 e.